The Labute approximate surface area is 84.6 Å². The van der Waals surface area contributed by atoms with Crippen LogP contribution in [0.25, 0.3) is 0 Å². The maximum absolute atomic E-state index is 12.0. The fourth-order valence-corrected chi connectivity index (χ4v) is 1.95. The Morgan fingerprint density at radius 2 is 2.29 bits per heavy atom. The van der Waals surface area contributed by atoms with Crippen LogP contribution in [0.2, 0.25) is 0 Å². The zero-order valence-electron chi connectivity index (χ0n) is 8.88. The van der Waals surface area contributed by atoms with E-state index in [9.17, 15) is 4.79 Å². The van der Waals surface area contributed by atoms with Crippen LogP contribution < -0.4 is 5.32 Å². The number of carbonyl (C=O) groups excluding carboxylic acids is 1. The fraction of sp³-hybridized carbons (Fsp3) is 0.900. The molecule has 2 aliphatic rings. The van der Waals surface area contributed by atoms with E-state index in [1.807, 2.05) is 4.90 Å². The van der Waals surface area contributed by atoms with Gasteiger partial charge in [0.25, 0.3) is 0 Å². The van der Waals surface area contributed by atoms with Gasteiger partial charge in [-0.15, -0.1) is 0 Å². The second kappa shape index (κ2) is 3.51. The van der Waals surface area contributed by atoms with Crippen LogP contribution in [0.1, 0.15) is 20.3 Å². The van der Waals surface area contributed by atoms with Gasteiger partial charge in [0, 0.05) is 6.54 Å². The summed E-state index contributed by atoms with van der Waals surface area (Å²) in [6.45, 7) is 7.13. The number of carbonyl (C=O) groups is 1. The van der Waals surface area contributed by atoms with E-state index < -0.39 is 0 Å². The lowest BCUT2D eigenvalue weighted by Crippen LogP contribution is -2.62. The first-order valence-corrected chi connectivity index (χ1v) is 5.24. The van der Waals surface area contributed by atoms with Crippen LogP contribution in [0.5, 0.6) is 0 Å². The number of morpholine rings is 1. The highest BCUT2D eigenvalue weighted by Crippen LogP contribution is 2.21. The van der Waals surface area contributed by atoms with Gasteiger partial charge in [-0.25, -0.2) is 0 Å². The van der Waals surface area contributed by atoms with Gasteiger partial charge in [0.15, 0.2) is 0 Å². The first-order valence-electron chi connectivity index (χ1n) is 5.24. The fourth-order valence-electron chi connectivity index (χ4n) is 1.95. The summed E-state index contributed by atoms with van der Waals surface area (Å²) >= 11 is 0. The molecule has 1 unspecified atom stereocenters. The summed E-state index contributed by atoms with van der Waals surface area (Å²) in [5.41, 5.74) is -0.146. The average molecular weight is 198 g/mol. The number of nitrogens with one attached hydrogen (secondary N) is 1. The van der Waals surface area contributed by atoms with Crippen molar-refractivity contribution < 1.29 is 9.53 Å². The Morgan fingerprint density at radius 3 is 2.79 bits per heavy atom. The van der Waals surface area contributed by atoms with Crippen molar-refractivity contribution in [2.45, 2.75) is 31.8 Å². The molecule has 14 heavy (non-hydrogen) atoms. The van der Waals surface area contributed by atoms with Gasteiger partial charge in [0.05, 0.1) is 24.8 Å². The van der Waals surface area contributed by atoms with Gasteiger partial charge in [-0.1, -0.05) is 0 Å². The van der Waals surface area contributed by atoms with E-state index in [1.54, 1.807) is 0 Å². The number of amides is 1. The predicted molar refractivity (Wildman–Crippen MR) is 53.0 cm³/mol. The summed E-state index contributed by atoms with van der Waals surface area (Å²) in [4.78, 5) is 14.0. The van der Waals surface area contributed by atoms with Crippen molar-refractivity contribution in [3.63, 3.8) is 0 Å². The van der Waals surface area contributed by atoms with Crippen LogP contribution >= 0.6 is 0 Å². The van der Waals surface area contributed by atoms with Crippen molar-refractivity contribution >= 4 is 5.91 Å². The maximum Gasteiger partial charge on any atom is 0.240 e. The molecule has 2 fully saturated rings. The highest BCUT2D eigenvalue weighted by Gasteiger charge is 2.38. The van der Waals surface area contributed by atoms with Crippen molar-refractivity contribution in [1.29, 1.82) is 0 Å². The zero-order valence-corrected chi connectivity index (χ0v) is 8.88. The van der Waals surface area contributed by atoms with E-state index >= 15 is 0 Å². The molecule has 0 aromatic carbocycles. The number of rotatable bonds is 1. The SMILES string of the molecule is CC1(C)COCCN1C(=O)C1CCN1. The van der Waals surface area contributed by atoms with Gasteiger partial charge in [-0.05, 0) is 26.8 Å². The number of hydrogen-bond donors (Lipinski definition) is 1. The molecule has 2 heterocycles. The Morgan fingerprint density at radius 1 is 1.57 bits per heavy atom. The smallest absolute Gasteiger partial charge is 0.240 e. The minimum atomic E-state index is -0.146. The third-order valence-corrected chi connectivity index (χ3v) is 3.03. The van der Waals surface area contributed by atoms with E-state index in [-0.39, 0.29) is 17.5 Å². The molecule has 0 bridgehead atoms. The highest BCUT2D eigenvalue weighted by molar-refractivity contribution is 5.83. The molecule has 0 spiro atoms. The number of nitrogens with zero attached hydrogens (tertiary/aromatic N) is 1. The van der Waals surface area contributed by atoms with Crippen LogP contribution in [0.3, 0.4) is 0 Å². The molecule has 0 saturated carbocycles. The van der Waals surface area contributed by atoms with E-state index in [2.05, 4.69) is 19.2 Å². The normalized spacial score (nSPS) is 31.0. The highest BCUT2D eigenvalue weighted by atomic mass is 16.5. The molecular weight excluding hydrogens is 180 g/mol. The molecule has 0 aliphatic carbocycles. The van der Waals surface area contributed by atoms with Crippen molar-refractivity contribution in [1.82, 2.24) is 10.2 Å². The average Bonchev–Trinajstić information content (AvgIpc) is 1.99. The molecule has 2 saturated heterocycles. The summed E-state index contributed by atoms with van der Waals surface area (Å²) in [5, 5.41) is 3.15. The standard InChI is InChI=1S/C10H18N2O2/c1-10(2)7-14-6-5-12(10)9(13)8-3-4-11-8/h8,11H,3-7H2,1-2H3. The Hall–Kier alpha value is -0.610. The molecule has 1 N–H and O–H groups in total. The molecule has 80 valence electrons. The lowest BCUT2D eigenvalue weighted by atomic mass is 9.98. The first kappa shape index (κ1) is 9.93. The molecular formula is C10H18N2O2. The van der Waals surface area contributed by atoms with Crippen molar-refractivity contribution in [3.8, 4) is 0 Å². The minimum absolute atomic E-state index is 0.0624. The summed E-state index contributed by atoms with van der Waals surface area (Å²) < 4.78 is 5.38. The Bertz CT molecular complexity index is 236. The van der Waals surface area contributed by atoms with E-state index in [0.29, 0.717) is 13.2 Å². The largest absolute Gasteiger partial charge is 0.377 e. The van der Waals surface area contributed by atoms with Crippen molar-refractivity contribution in [3.05, 3.63) is 0 Å². The molecule has 0 aromatic rings. The van der Waals surface area contributed by atoms with Gasteiger partial charge >= 0.3 is 0 Å². The topological polar surface area (TPSA) is 41.6 Å². The van der Waals surface area contributed by atoms with Gasteiger partial charge in [0.1, 0.15) is 0 Å². The molecule has 1 amide bonds. The second-order valence-electron chi connectivity index (χ2n) is 4.65. The van der Waals surface area contributed by atoms with Gasteiger partial charge in [-0.2, -0.15) is 0 Å². The van der Waals surface area contributed by atoms with Crippen LogP contribution in [0.15, 0.2) is 0 Å². The molecule has 0 aromatic heterocycles. The molecule has 4 heteroatoms. The van der Waals surface area contributed by atoms with Crippen molar-refractivity contribution in [2.24, 2.45) is 0 Å². The van der Waals surface area contributed by atoms with Gasteiger partial charge in [0.2, 0.25) is 5.91 Å². The third-order valence-electron chi connectivity index (χ3n) is 3.03. The summed E-state index contributed by atoms with van der Waals surface area (Å²) in [6.07, 6.45) is 0.978. The molecule has 2 rings (SSSR count). The lowest BCUT2D eigenvalue weighted by Gasteiger charge is -2.45. The summed E-state index contributed by atoms with van der Waals surface area (Å²) in [5.74, 6) is 0.240. The van der Waals surface area contributed by atoms with Gasteiger partial charge in [-0.3, -0.25) is 4.79 Å². The summed E-state index contributed by atoms with van der Waals surface area (Å²) in [6, 6.07) is 0.0624. The van der Waals surface area contributed by atoms with Crippen LogP contribution in [-0.4, -0.2) is 48.7 Å². The zero-order chi connectivity index (χ0) is 10.2. The second-order valence-corrected chi connectivity index (χ2v) is 4.65. The van der Waals surface area contributed by atoms with Crippen molar-refractivity contribution in [2.75, 3.05) is 26.3 Å². The third kappa shape index (κ3) is 1.64. The molecule has 2 aliphatic heterocycles. The van der Waals surface area contributed by atoms with E-state index in [0.717, 1.165) is 19.5 Å². The predicted octanol–water partition coefficient (Wildman–Crippen LogP) is -0.0143. The molecule has 0 radical (unpaired) electrons. The minimum Gasteiger partial charge on any atom is -0.377 e. The Kier molecular flexibility index (Phi) is 2.49. The quantitative estimate of drug-likeness (QED) is 0.644. The van der Waals surface area contributed by atoms with E-state index in [4.69, 9.17) is 4.74 Å². The van der Waals surface area contributed by atoms with Crippen LogP contribution in [0, 0.1) is 0 Å². The van der Waals surface area contributed by atoms with Gasteiger partial charge < -0.3 is 15.0 Å². The first-order chi connectivity index (χ1) is 6.61. The maximum atomic E-state index is 12.0. The Balaban J connectivity index is 2.03. The van der Waals surface area contributed by atoms with E-state index in [1.165, 1.54) is 0 Å². The monoisotopic (exact) mass is 198 g/mol. The molecule has 1 atom stereocenters. The van der Waals surface area contributed by atoms with Crippen LogP contribution in [0.4, 0.5) is 0 Å². The lowest BCUT2D eigenvalue weighted by molar-refractivity contribution is -0.150. The summed E-state index contributed by atoms with van der Waals surface area (Å²) in [7, 11) is 0. The van der Waals surface area contributed by atoms with Crippen LogP contribution in [-0.2, 0) is 9.53 Å². The number of ether oxygens (including phenoxy) is 1. The molecule has 4 nitrogen and oxygen atoms in total. The number of hydrogen-bond acceptors (Lipinski definition) is 3.